The lowest BCUT2D eigenvalue weighted by Gasteiger charge is -2.51. The van der Waals surface area contributed by atoms with Gasteiger partial charge in [-0.3, -0.25) is 4.79 Å². The van der Waals surface area contributed by atoms with E-state index in [1.807, 2.05) is 25.7 Å². The third kappa shape index (κ3) is 6.03. The van der Waals surface area contributed by atoms with Crippen molar-refractivity contribution in [3.05, 3.63) is 29.3 Å². The quantitative estimate of drug-likeness (QED) is 0.416. The van der Waals surface area contributed by atoms with E-state index in [0.717, 1.165) is 0 Å². The first-order chi connectivity index (χ1) is 17.9. The molecule has 1 aromatic carbocycles. The number of likely N-dealkylation sites (tertiary alicyclic amines) is 1. The molecular weight excluding hydrogens is 496 g/mol. The molecule has 208 valence electrons. The highest BCUT2D eigenvalue weighted by atomic mass is 16.6. The molecule has 2 amide bonds. The first kappa shape index (κ1) is 27.7. The van der Waals surface area contributed by atoms with Crippen LogP contribution < -0.4 is 4.74 Å². The number of esters is 2. The minimum atomic E-state index is -0.663. The lowest BCUT2D eigenvalue weighted by molar-refractivity contribution is -0.181. The molecule has 4 rings (SSSR count). The van der Waals surface area contributed by atoms with E-state index < -0.39 is 23.1 Å². The van der Waals surface area contributed by atoms with Gasteiger partial charge < -0.3 is 33.5 Å². The van der Waals surface area contributed by atoms with Gasteiger partial charge in [-0.2, -0.15) is 0 Å². The van der Waals surface area contributed by atoms with Crippen LogP contribution in [-0.2, 0) is 23.7 Å². The molecule has 1 aliphatic carbocycles. The van der Waals surface area contributed by atoms with Gasteiger partial charge in [0.25, 0.3) is 0 Å². The van der Waals surface area contributed by atoms with E-state index >= 15 is 0 Å². The van der Waals surface area contributed by atoms with Gasteiger partial charge in [-0.25, -0.2) is 14.4 Å². The average molecular weight is 533 g/mol. The molecule has 11 nitrogen and oxygen atoms in total. The fraction of sp³-hybridized carbons (Fsp3) is 0.630. The van der Waals surface area contributed by atoms with Crippen LogP contribution in [0.5, 0.6) is 5.75 Å². The van der Waals surface area contributed by atoms with Crippen molar-refractivity contribution in [1.82, 2.24) is 9.80 Å². The number of hydrogen-bond donors (Lipinski definition) is 0. The molecule has 3 fully saturated rings. The second kappa shape index (κ2) is 10.8. The Balaban J connectivity index is 1.33. The summed E-state index contributed by atoms with van der Waals surface area (Å²) in [6.45, 7) is 7.05. The minimum absolute atomic E-state index is 0.0198. The lowest BCUT2D eigenvalue weighted by Crippen LogP contribution is -2.64. The number of rotatable bonds is 5. The van der Waals surface area contributed by atoms with Gasteiger partial charge in [0.1, 0.15) is 24.1 Å². The number of morpholine rings is 1. The molecule has 0 atom stereocenters. The number of hydrogen-bond acceptors (Lipinski definition) is 9. The Morgan fingerprint density at radius 3 is 2.24 bits per heavy atom. The molecule has 0 N–H and O–H groups in total. The molecule has 0 unspecified atom stereocenters. The molecule has 2 saturated heterocycles. The van der Waals surface area contributed by atoms with Gasteiger partial charge in [0.15, 0.2) is 0 Å². The summed E-state index contributed by atoms with van der Waals surface area (Å²) < 4.78 is 27.1. The van der Waals surface area contributed by atoms with Crippen molar-refractivity contribution in [3.63, 3.8) is 0 Å². The maximum Gasteiger partial charge on any atom is 0.410 e. The average Bonchev–Trinajstić information content (AvgIpc) is 2.86. The summed E-state index contributed by atoms with van der Waals surface area (Å²) in [7, 11) is 2.48. The number of ether oxygens (including phenoxy) is 5. The molecule has 1 saturated carbocycles. The summed E-state index contributed by atoms with van der Waals surface area (Å²) in [6.07, 6.45) is 2.06. The molecule has 1 spiro atoms. The Hall–Kier alpha value is -3.34. The first-order valence-electron chi connectivity index (χ1n) is 12.8. The van der Waals surface area contributed by atoms with Crippen LogP contribution in [0.4, 0.5) is 4.79 Å². The van der Waals surface area contributed by atoms with Crippen LogP contribution in [0, 0.1) is 0 Å². The molecule has 0 bridgehead atoms. The minimum Gasteiger partial charge on any atom is -0.490 e. The van der Waals surface area contributed by atoms with E-state index in [4.69, 9.17) is 23.7 Å². The topological polar surface area (TPSA) is 121 Å². The Morgan fingerprint density at radius 1 is 1.00 bits per heavy atom. The molecule has 1 aromatic rings. The molecule has 0 radical (unpaired) electrons. The fourth-order valence-electron chi connectivity index (χ4n) is 5.04. The summed E-state index contributed by atoms with van der Waals surface area (Å²) in [5.41, 5.74) is -0.864. The number of carbonyl (C=O) groups excluding carboxylic acids is 4. The lowest BCUT2D eigenvalue weighted by atomic mass is 9.83. The van der Waals surface area contributed by atoms with Gasteiger partial charge >= 0.3 is 18.0 Å². The monoisotopic (exact) mass is 532 g/mol. The number of piperidine rings is 1. The standard InChI is InChI=1S/C27H36N2O9/c1-26(2,3)38-25(33)28-10-8-27(9-11-28)16-29(22(30)15-36-27)17-12-19(13-17)37-18-6-7-20(23(31)34-4)21(14-18)24(32)35-5/h6-7,14,17,19H,8-13,15-16H2,1-5H3/t17-,19-. The van der Waals surface area contributed by atoms with E-state index in [-0.39, 0.29) is 41.9 Å². The Morgan fingerprint density at radius 2 is 1.63 bits per heavy atom. The van der Waals surface area contributed by atoms with Gasteiger partial charge in [0.2, 0.25) is 5.91 Å². The van der Waals surface area contributed by atoms with Gasteiger partial charge in [-0.15, -0.1) is 0 Å². The van der Waals surface area contributed by atoms with Crippen LogP contribution >= 0.6 is 0 Å². The fourth-order valence-corrected chi connectivity index (χ4v) is 5.04. The molecular formula is C27H36N2O9. The maximum absolute atomic E-state index is 12.7. The van der Waals surface area contributed by atoms with Crippen LogP contribution in [0.15, 0.2) is 18.2 Å². The molecule has 11 heteroatoms. The highest BCUT2D eigenvalue weighted by Crippen LogP contribution is 2.37. The normalized spacial score (nSPS) is 22.9. The number of methoxy groups -OCH3 is 2. The van der Waals surface area contributed by atoms with E-state index in [1.54, 1.807) is 11.0 Å². The predicted octanol–water partition coefficient (Wildman–Crippen LogP) is 2.80. The van der Waals surface area contributed by atoms with Crippen molar-refractivity contribution in [1.29, 1.82) is 0 Å². The van der Waals surface area contributed by atoms with Gasteiger partial charge in [0, 0.05) is 32.0 Å². The van der Waals surface area contributed by atoms with Crippen LogP contribution in [0.1, 0.15) is 67.2 Å². The smallest absolute Gasteiger partial charge is 0.410 e. The van der Waals surface area contributed by atoms with Crippen LogP contribution in [0.25, 0.3) is 0 Å². The summed E-state index contributed by atoms with van der Waals surface area (Å²) >= 11 is 0. The maximum atomic E-state index is 12.7. The van der Waals surface area contributed by atoms with Crippen molar-refractivity contribution in [2.75, 3.05) is 40.5 Å². The van der Waals surface area contributed by atoms with Crippen LogP contribution in [0.3, 0.4) is 0 Å². The predicted molar refractivity (Wildman–Crippen MR) is 134 cm³/mol. The van der Waals surface area contributed by atoms with Crippen molar-refractivity contribution < 1.29 is 42.9 Å². The zero-order valence-electron chi connectivity index (χ0n) is 22.6. The molecule has 2 aliphatic heterocycles. The summed E-state index contributed by atoms with van der Waals surface area (Å²) in [5, 5.41) is 0. The van der Waals surface area contributed by atoms with E-state index in [0.29, 0.717) is 51.1 Å². The summed E-state index contributed by atoms with van der Waals surface area (Å²) in [5.74, 6) is -0.925. The highest BCUT2D eigenvalue weighted by Gasteiger charge is 2.48. The highest BCUT2D eigenvalue weighted by molar-refractivity contribution is 6.03. The summed E-state index contributed by atoms with van der Waals surface area (Å²) in [6, 6.07) is 4.58. The number of nitrogens with zero attached hydrogens (tertiary/aromatic N) is 2. The SMILES string of the molecule is COC(=O)c1ccc(O[C@H]2C[C@H](N3CC4(CCN(C(=O)OC(C)(C)C)CC4)OCC3=O)C2)cc1C(=O)OC. The van der Waals surface area contributed by atoms with Crippen molar-refractivity contribution >= 4 is 23.9 Å². The van der Waals surface area contributed by atoms with Crippen LogP contribution in [-0.4, -0.2) is 97.5 Å². The van der Waals surface area contributed by atoms with E-state index in [2.05, 4.69) is 0 Å². The van der Waals surface area contributed by atoms with Gasteiger partial charge in [0.05, 0.1) is 37.5 Å². The van der Waals surface area contributed by atoms with Crippen molar-refractivity contribution in [3.8, 4) is 5.75 Å². The largest absolute Gasteiger partial charge is 0.490 e. The second-order valence-electron chi connectivity index (χ2n) is 11.0. The molecule has 3 aliphatic rings. The number of amides is 2. The van der Waals surface area contributed by atoms with Crippen molar-refractivity contribution in [2.45, 2.75) is 69.8 Å². The van der Waals surface area contributed by atoms with E-state index in [1.165, 1.54) is 26.4 Å². The third-order valence-corrected chi connectivity index (χ3v) is 7.22. The zero-order chi connectivity index (χ0) is 27.7. The molecule has 38 heavy (non-hydrogen) atoms. The second-order valence-corrected chi connectivity index (χ2v) is 11.0. The van der Waals surface area contributed by atoms with E-state index in [9.17, 15) is 19.2 Å². The third-order valence-electron chi connectivity index (χ3n) is 7.22. The molecule has 0 aromatic heterocycles. The van der Waals surface area contributed by atoms with Gasteiger partial charge in [-0.1, -0.05) is 0 Å². The van der Waals surface area contributed by atoms with Crippen molar-refractivity contribution in [2.24, 2.45) is 0 Å². The summed E-state index contributed by atoms with van der Waals surface area (Å²) in [4.78, 5) is 52.9. The first-order valence-corrected chi connectivity index (χ1v) is 12.8. The molecule has 2 heterocycles. The number of benzene rings is 1. The Kier molecular flexibility index (Phi) is 7.87. The zero-order valence-corrected chi connectivity index (χ0v) is 22.6. The Bertz CT molecular complexity index is 1080. The number of carbonyl (C=O) groups is 4. The van der Waals surface area contributed by atoms with Gasteiger partial charge in [-0.05, 0) is 51.8 Å². The Labute approximate surface area is 222 Å². The van der Waals surface area contributed by atoms with Crippen LogP contribution in [0.2, 0.25) is 0 Å².